The van der Waals surface area contributed by atoms with E-state index >= 15 is 0 Å². The van der Waals surface area contributed by atoms with Crippen LogP contribution in [0.25, 0.3) is 10.9 Å². The molecular weight excluding hydrogens is 369 g/mol. The van der Waals surface area contributed by atoms with Gasteiger partial charge < -0.3 is 15.5 Å². The van der Waals surface area contributed by atoms with Crippen molar-refractivity contribution >= 4 is 28.3 Å². The summed E-state index contributed by atoms with van der Waals surface area (Å²) in [4.78, 5) is 18.1. The van der Waals surface area contributed by atoms with Crippen LogP contribution < -0.4 is 15.5 Å². The summed E-state index contributed by atoms with van der Waals surface area (Å²) in [5.74, 6) is -1.74. The topological polar surface area (TPSA) is 57.3 Å². The predicted octanol–water partition coefficient (Wildman–Crippen LogP) is 4.05. The normalized spacial score (nSPS) is 16.4. The molecule has 1 fully saturated rings. The summed E-state index contributed by atoms with van der Waals surface area (Å²) in [6.45, 7) is 1.12. The van der Waals surface area contributed by atoms with Gasteiger partial charge in [-0.25, -0.2) is 18.0 Å². The molecule has 2 amide bonds. The van der Waals surface area contributed by atoms with E-state index in [2.05, 4.69) is 15.6 Å². The van der Waals surface area contributed by atoms with Gasteiger partial charge in [-0.05, 0) is 42.8 Å². The average molecular weight is 386 g/mol. The number of carbonyl (C=O) groups excluding carboxylic acids is 1. The highest BCUT2D eigenvalue weighted by Gasteiger charge is 2.26. The maximum absolute atomic E-state index is 14.0. The SMILES string of the molecule is O=C(Nc1ccc(F)cc1)NC1CCN(c2ccnc3c(F)cc(F)cc23)C1. The van der Waals surface area contributed by atoms with E-state index in [4.69, 9.17) is 0 Å². The van der Waals surface area contributed by atoms with E-state index in [0.717, 1.165) is 6.07 Å². The van der Waals surface area contributed by atoms with Crippen LogP contribution in [-0.4, -0.2) is 30.1 Å². The second-order valence-corrected chi connectivity index (χ2v) is 6.65. The molecule has 8 heteroatoms. The Morgan fingerprint density at radius 1 is 1.07 bits per heavy atom. The molecule has 1 atom stereocenters. The number of carbonyl (C=O) groups is 1. The summed E-state index contributed by atoms with van der Waals surface area (Å²) < 4.78 is 40.6. The van der Waals surface area contributed by atoms with Crippen molar-refractivity contribution in [2.24, 2.45) is 0 Å². The number of hydrogen-bond donors (Lipinski definition) is 2. The Balaban J connectivity index is 1.45. The number of nitrogens with one attached hydrogen (secondary N) is 2. The van der Waals surface area contributed by atoms with Crippen LogP contribution in [-0.2, 0) is 0 Å². The van der Waals surface area contributed by atoms with Crippen LogP contribution in [0.15, 0.2) is 48.7 Å². The number of amides is 2. The average Bonchev–Trinajstić information content (AvgIpc) is 3.11. The van der Waals surface area contributed by atoms with E-state index in [-0.39, 0.29) is 17.4 Å². The second-order valence-electron chi connectivity index (χ2n) is 6.65. The maximum atomic E-state index is 14.0. The van der Waals surface area contributed by atoms with Crippen molar-refractivity contribution in [1.29, 1.82) is 0 Å². The number of benzene rings is 2. The quantitative estimate of drug-likeness (QED) is 0.714. The molecule has 0 aliphatic carbocycles. The minimum absolute atomic E-state index is 0.115. The molecule has 2 heterocycles. The van der Waals surface area contributed by atoms with E-state index in [1.807, 2.05) is 4.90 Å². The molecule has 0 saturated carbocycles. The van der Waals surface area contributed by atoms with E-state index in [1.165, 1.54) is 36.5 Å². The van der Waals surface area contributed by atoms with E-state index in [1.54, 1.807) is 6.07 Å². The lowest BCUT2D eigenvalue weighted by Gasteiger charge is -2.21. The highest BCUT2D eigenvalue weighted by atomic mass is 19.1. The first-order valence-corrected chi connectivity index (χ1v) is 8.81. The second kappa shape index (κ2) is 7.38. The third kappa shape index (κ3) is 3.71. The molecule has 0 spiro atoms. The standard InChI is InChI=1S/C20H17F3N4O/c21-12-1-3-14(4-2-12)25-20(28)26-15-6-8-27(11-15)18-5-7-24-19-16(18)9-13(22)10-17(19)23/h1-5,7,9-10,15H,6,8,11H2,(H2,25,26,28). The first kappa shape index (κ1) is 18.1. The molecule has 28 heavy (non-hydrogen) atoms. The van der Waals surface area contributed by atoms with E-state index in [0.29, 0.717) is 36.3 Å². The van der Waals surface area contributed by atoms with Gasteiger partial charge >= 0.3 is 6.03 Å². The summed E-state index contributed by atoms with van der Waals surface area (Å²) in [6, 6.07) is 8.74. The number of anilines is 2. The molecule has 1 aliphatic heterocycles. The van der Waals surface area contributed by atoms with Crippen molar-refractivity contribution in [3.63, 3.8) is 0 Å². The lowest BCUT2D eigenvalue weighted by Crippen LogP contribution is -2.39. The summed E-state index contributed by atoms with van der Waals surface area (Å²) in [5, 5.41) is 5.91. The number of halogens is 3. The molecule has 5 nitrogen and oxygen atoms in total. The molecule has 0 bridgehead atoms. The number of fused-ring (bicyclic) bond motifs is 1. The first-order valence-electron chi connectivity index (χ1n) is 8.81. The van der Waals surface area contributed by atoms with Crippen molar-refractivity contribution < 1.29 is 18.0 Å². The monoisotopic (exact) mass is 386 g/mol. The van der Waals surface area contributed by atoms with Gasteiger partial charge in [0, 0.05) is 48.2 Å². The number of rotatable bonds is 3. The summed E-state index contributed by atoms with van der Waals surface area (Å²) >= 11 is 0. The molecule has 1 aromatic heterocycles. The summed E-state index contributed by atoms with van der Waals surface area (Å²) in [6.07, 6.45) is 2.17. The third-order valence-electron chi connectivity index (χ3n) is 4.71. The number of urea groups is 1. The molecule has 144 valence electrons. The Labute approximate surface area is 159 Å². The minimum Gasteiger partial charge on any atom is -0.369 e. The fourth-order valence-corrected chi connectivity index (χ4v) is 3.42. The Hall–Kier alpha value is -3.29. The van der Waals surface area contributed by atoms with Crippen LogP contribution in [0.1, 0.15) is 6.42 Å². The Bertz CT molecular complexity index is 1030. The lowest BCUT2D eigenvalue weighted by molar-refractivity contribution is 0.249. The minimum atomic E-state index is -0.704. The molecular formula is C20H17F3N4O. The Morgan fingerprint density at radius 3 is 2.64 bits per heavy atom. The zero-order valence-corrected chi connectivity index (χ0v) is 14.8. The van der Waals surface area contributed by atoms with Crippen molar-refractivity contribution in [1.82, 2.24) is 10.3 Å². The Morgan fingerprint density at radius 2 is 1.86 bits per heavy atom. The van der Waals surface area contributed by atoms with Crippen LogP contribution >= 0.6 is 0 Å². The molecule has 3 aromatic rings. The highest BCUT2D eigenvalue weighted by molar-refractivity contribution is 5.92. The van der Waals surface area contributed by atoms with Gasteiger partial charge in [0.05, 0.1) is 0 Å². The van der Waals surface area contributed by atoms with E-state index < -0.39 is 17.7 Å². The summed E-state index contributed by atoms with van der Waals surface area (Å²) in [5.41, 5.74) is 1.27. The van der Waals surface area contributed by atoms with Gasteiger partial charge in [0.1, 0.15) is 17.2 Å². The van der Waals surface area contributed by atoms with Crippen molar-refractivity contribution in [2.75, 3.05) is 23.3 Å². The fourth-order valence-electron chi connectivity index (χ4n) is 3.42. The van der Waals surface area contributed by atoms with Gasteiger partial charge in [-0.2, -0.15) is 0 Å². The number of hydrogen-bond acceptors (Lipinski definition) is 3. The molecule has 2 aromatic carbocycles. The molecule has 1 saturated heterocycles. The number of pyridine rings is 1. The van der Waals surface area contributed by atoms with Crippen LogP contribution in [0.3, 0.4) is 0 Å². The molecule has 1 unspecified atom stereocenters. The van der Waals surface area contributed by atoms with Crippen molar-refractivity contribution in [3.8, 4) is 0 Å². The third-order valence-corrected chi connectivity index (χ3v) is 4.71. The number of nitrogens with zero attached hydrogens (tertiary/aromatic N) is 2. The molecule has 4 rings (SSSR count). The van der Waals surface area contributed by atoms with Gasteiger partial charge in [-0.1, -0.05) is 0 Å². The van der Waals surface area contributed by atoms with Gasteiger partial charge in [-0.15, -0.1) is 0 Å². The lowest BCUT2D eigenvalue weighted by atomic mass is 10.1. The largest absolute Gasteiger partial charge is 0.369 e. The van der Waals surface area contributed by atoms with Crippen molar-refractivity contribution in [3.05, 3.63) is 66.1 Å². The first-order chi connectivity index (χ1) is 13.5. The smallest absolute Gasteiger partial charge is 0.319 e. The van der Waals surface area contributed by atoms with Gasteiger partial charge in [0.2, 0.25) is 0 Å². The predicted molar refractivity (Wildman–Crippen MR) is 101 cm³/mol. The molecule has 1 aliphatic rings. The van der Waals surface area contributed by atoms with Crippen LogP contribution in [0.4, 0.5) is 29.3 Å². The molecule has 2 N–H and O–H groups in total. The van der Waals surface area contributed by atoms with Crippen LogP contribution in [0.2, 0.25) is 0 Å². The Kier molecular flexibility index (Phi) is 4.77. The zero-order valence-electron chi connectivity index (χ0n) is 14.8. The van der Waals surface area contributed by atoms with Crippen LogP contribution in [0, 0.1) is 17.5 Å². The van der Waals surface area contributed by atoms with Gasteiger partial charge in [-0.3, -0.25) is 4.98 Å². The van der Waals surface area contributed by atoms with Gasteiger partial charge in [0.15, 0.2) is 5.82 Å². The van der Waals surface area contributed by atoms with Gasteiger partial charge in [0.25, 0.3) is 0 Å². The zero-order chi connectivity index (χ0) is 19.7. The molecule has 0 radical (unpaired) electrons. The van der Waals surface area contributed by atoms with Crippen LogP contribution in [0.5, 0.6) is 0 Å². The summed E-state index contributed by atoms with van der Waals surface area (Å²) in [7, 11) is 0. The van der Waals surface area contributed by atoms with E-state index in [9.17, 15) is 18.0 Å². The number of aromatic nitrogens is 1. The highest BCUT2D eigenvalue weighted by Crippen LogP contribution is 2.30. The maximum Gasteiger partial charge on any atom is 0.319 e. The fraction of sp³-hybridized carbons (Fsp3) is 0.200. The van der Waals surface area contributed by atoms with Crippen molar-refractivity contribution in [2.45, 2.75) is 12.5 Å².